The van der Waals surface area contributed by atoms with E-state index in [1.807, 2.05) is 24.3 Å². The van der Waals surface area contributed by atoms with Gasteiger partial charge in [0.1, 0.15) is 5.82 Å². The van der Waals surface area contributed by atoms with Crippen molar-refractivity contribution in [3.63, 3.8) is 0 Å². The summed E-state index contributed by atoms with van der Waals surface area (Å²) in [6.45, 7) is 1.57. The fourth-order valence-corrected chi connectivity index (χ4v) is 2.79. The van der Waals surface area contributed by atoms with Crippen LogP contribution in [-0.4, -0.2) is 10.9 Å². The maximum Gasteiger partial charge on any atom is 0.257 e. The number of aromatic nitrogens is 1. The third-order valence-corrected chi connectivity index (χ3v) is 4.11. The summed E-state index contributed by atoms with van der Waals surface area (Å²) >= 11 is 1.36. The molecule has 0 radical (unpaired) electrons. The number of hydrogen-bond acceptors (Lipinski definition) is 4. The van der Waals surface area contributed by atoms with Crippen LogP contribution in [0.3, 0.4) is 0 Å². The number of carbonyl (C=O) groups excluding carboxylic acids is 1. The molecule has 0 aliphatic carbocycles. The topological polar surface area (TPSA) is 68.0 Å². The van der Waals surface area contributed by atoms with E-state index >= 15 is 0 Å². The fourth-order valence-electron chi connectivity index (χ4n) is 1.93. The van der Waals surface area contributed by atoms with Crippen molar-refractivity contribution in [3.05, 3.63) is 53.3 Å². The van der Waals surface area contributed by atoms with Crippen molar-refractivity contribution in [2.75, 3.05) is 11.1 Å². The van der Waals surface area contributed by atoms with Gasteiger partial charge in [0.05, 0.1) is 10.2 Å². The third kappa shape index (κ3) is 2.57. The molecule has 2 aromatic carbocycles. The Kier molecular flexibility index (Phi) is 3.31. The molecule has 3 aromatic rings. The van der Waals surface area contributed by atoms with Gasteiger partial charge in [-0.1, -0.05) is 23.5 Å². The van der Waals surface area contributed by atoms with Crippen molar-refractivity contribution in [2.45, 2.75) is 6.92 Å². The summed E-state index contributed by atoms with van der Waals surface area (Å²) in [6, 6.07) is 10.2. The van der Waals surface area contributed by atoms with Gasteiger partial charge in [-0.25, -0.2) is 9.37 Å². The Bertz CT molecular complexity index is 788. The van der Waals surface area contributed by atoms with E-state index in [2.05, 4.69) is 10.3 Å². The summed E-state index contributed by atoms with van der Waals surface area (Å²) in [6.07, 6.45) is 0. The fraction of sp³-hybridized carbons (Fsp3) is 0.0667. The SMILES string of the molecule is Cc1c(N)cc(C(=O)Nc2nc3ccccc3s2)cc1F. The smallest absolute Gasteiger partial charge is 0.257 e. The Morgan fingerprint density at radius 2 is 2.10 bits per heavy atom. The Morgan fingerprint density at radius 3 is 2.81 bits per heavy atom. The quantitative estimate of drug-likeness (QED) is 0.711. The van der Waals surface area contributed by atoms with Crippen LogP contribution in [0.1, 0.15) is 15.9 Å². The molecule has 0 fully saturated rings. The van der Waals surface area contributed by atoms with Gasteiger partial charge < -0.3 is 5.73 Å². The number of thiazole rings is 1. The van der Waals surface area contributed by atoms with E-state index in [1.165, 1.54) is 23.5 Å². The Morgan fingerprint density at radius 1 is 1.33 bits per heavy atom. The highest BCUT2D eigenvalue weighted by Gasteiger charge is 2.13. The number of fused-ring (bicyclic) bond motifs is 1. The van der Waals surface area contributed by atoms with Crippen LogP contribution in [0.25, 0.3) is 10.2 Å². The molecule has 1 aromatic heterocycles. The molecule has 0 aliphatic heterocycles. The van der Waals surface area contributed by atoms with Gasteiger partial charge in [0.25, 0.3) is 5.91 Å². The molecule has 1 amide bonds. The van der Waals surface area contributed by atoms with Gasteiger partial charge in [-0.05, 0) is 31.2 Å². The Balaban J connectivity index is 1.89. The minimum Gasteiger partial charge on any atom is -0.398 e. The first kappa shape index (κ1) is 13.5. The molecule has 3 rings (SSSR count). The Labute approximate surface area is 124 Å². The third-order valence-electron chi connectivity index (χ3n) is 3.16. The number of nitrogens with two attached hydrogens (primary N) is 1. The normalized spacial score (nSPS) is 10.8. The number of amides is 1. The zero-order valence-electron chi connectivity index (χ0n) is 11.2. The van der Waals surface area contributed by atoms with Crippen LogP contribution in [-0.2, 0) is 0 Å². The summed E-state index contributed by atoms with van der Waals surface area (Å²) in [5.74, 6) is -0.927. The standard InChI is InChI=1S/C15H12FN3OS/c1-8-10(16)6-9(7-11(8)17)14(20)19-15-18-12-4-2-3-5-13(12)21-15/h2-7H,17H2,1H3,(H,18,19,20). The van der Waals surface area contributed by atoms with Crippen LogP contribution in [0.15, 0.2) is 36.4 Å². The highest BCUT2D eigenvalue weighted by Crippen LogP contribution is 2.26. The lowest BCUT2D eigenvalue weighted by Crippen LogP contribution is -2.13. The lowest BCUT2D eigenvalue weighted by molar-refractivity contribution is 0.102. The number of nitrogen functional groups attached to an aromatic ring is 1. The summed E-state index contributed by atoms with van der Waals surface area (Å²) in [4.78, 5) is 16.4. The highest BCUT2D eigenvalue weighted by molar-refractivity contribution is 7.22. The van der Waals surface area contributed by atoms with Crippen molar-refractivity contribution < 1.29 is 9.18 Å². The number of carbonyl (C=O) groups is 1. The van der Waals surface area contributed by atoms with Gasteiger partial charge in [0, 0.05) is 16.8 Å². The molecule has 4 nitrogen and oxygen atoms in total. The van der Waals surface area contributed by atoms with E-state index in [-0.39, 0.29) is 11.3 Å². The molecule has 106 valence electrons. The molecular formula is C15H12FN3OS. The minimum atomic E-state index is -0.496. The van der Waals surface area contributed by atoms with Crippen molar-refractivity contribution >= 4 is 38.3 Å². The number of halogens is 1. The van der Waals surface area contributed by atoms with Crippen molar-refractivity contribution in [3.8, 4) is 0 Å². The number of rotatable bonds is 2. The average Bonchev–Trinajstić information content (AvgIpc) is 2.86. The maximum absolute atomic E-state index is 13.6. The van der Waals surface area contributed by atoms with Crippen LogP contribution in [0.5, 0.6) is 0 Å². The highest BCUT2D eigenvalue weighted by atomic mass is 32.1. The summed E-state index contributed by atoms with van der Waals surface area (Å²) in [7, 11) is 0. The van der Waals surface area contributed by atoms with Crippen LogP contribution in [0.2, 0.25) is 0 Å². The van der Waals surface area contributed by atoms with Gasteiger partial charge in [-0.2, -0.15) is 0 Å². The van der Waals surface area contributed by atoms with E-state index in [4.69, 9.17) is 5.73 Å². The maximum atomic E-state index is 13.6. The predicted molar refractivity (Wildman–Crippen MR) is 83.1 cm³/mol. The average molecular weight is 301 g/mol. The molecule has 0 saturated heterocycles. The second kappa shape index (κ2) is 5.14. The molecule has 0 aliphatic rings. The van der Waals surface area contributed by atoms with Gasteiger partial charge in [-0.15, -0.1) is 0 Å². The van der Waals surface area contributed by atoms with Gasteiger partial charge in [0.2, 0.25) is 0 Å². The first-order valence-electron chi connectivity index (χ1n) is 6.27. The second-order valence-corrected chi connectivity index (χ2v) is 5.64. The number of nitrogens with one attached hydrogen (secondary N) is 1. The molecule has 6 heteroatoms. The van der Waals surface area contributed by atoms with Gasteiger partial charge in [-0.3, -0.25) is 10.1 Å². The molecule has 21 heavy (non-hydrogen) atoms. The van der Waals surface area contributed by atoms with E-state index in [0.717, 1.165) is 10.2 Å². The first-order valence-corrected chi connectivity index (χ1v) is 7.09. The number of para-hydroxylation sites is 1. The summed E-state index contributed by atoms with van der Waals surface area (Å²) < 4.78 is 14.6. The van der Waals surface area contributed by atoms with Crippen molar-refractivity contribution in [1.82, 2.24) is 4.98 Å². The molecule has 1 heterocycles. The van der Waals surface area contributed by atoms with Crippen LogP contribution < -0.4 is 11.1 Å². The molecule has 3 N–H and O–H groups in total. The summed E-state index contributed by atoms with van der Waals surface area (Å²) in [5.41, 5.74) is 7.26. The first-order chi connectivity index (χ1) is 10.0. The second-order valence-electron chi connectivity index (χ2n) is 4.61. The molecular weight excluding hydrogens is 289 g/mol. The van der Waals surface area contributed by atoms with Crippen LogP contribution >= 0.6 is 11.3 Å². The number of nitrogens with zero attached hydrogens (tertiary/aromatic N) is 1. The van der Waals surface area contributed by atoms with Crippen LogP contribution in [0, 0.1) is 12.7 Å². The van der Waals surface area contributed by atoms with E-state index in [9.17, 15) is 9.18 Å². The largest absolute Gasteiger partial charge is 0.398 e. The predicted octanol–water partition coefficient (Wildman–Crippen LogP) is 3.58. The van der Waals surface area contributed by atoms with E-state index in [1.54, 1.807) is 6.92 Å². The van der Waals surface area contributed by atoms with Gasteiger partial charge in [0.15, 0.2) is 5.13 Å². The van der Waals surface area contributed by atoms with Crippen LogP contribution in [0.4, 0.5) is 15.2 Å². The molecule has 0 atom stereocenters. The lowest BCUT2D eigenvalue weighted by atomic mass is 10.1. The molecule has 0 spiro atoms. The number of hydrogen-bond donors (Lipinski definition) is 2. The zero-order valence-corrected chi connectivity index (χ0v) is 12.0. The van der Waals surface area contributed by atoms with E-state index < -0.39 is 11.7 Å². The molecule has 0 bridgehead atoms. The molecule has 0 saturated carbocycles. The summed E-state index contributed by atoms with van der Waals surface area (Å²) in [5, 5.41) is 3.14. The zero-order chi connectivity index (χ0) is 15.0. The number of anilines is 2. The van der Waals surface area contributed by atoms with Crippen molar-refractivity contribution in [1.29, 1.82) is 0 Å². The lowest BCUT2D eigenvalue weighted by Gasteiger charge is -2.06. The van der Waals surface area contributed by atoms with Crippen molar-refractivity contribution in [2.24, 2.45) is 0 Å². The Hall–Kier alpha value is -2.47. The number of benzene rings is 2. The van der Waals surface area contributed by atoms with E-state index in [0.29, 0.717) is 10.7 Å². The van der Waals surface area contributed by atoms with Gasteiger partial charge >= 0.3 is 0 Å². The minimum absolute atomic E-state index is 0.176. The monoisotopic (exact) mass is 301 g/mol. The molecule has 0 unspecified atom stereocenters.